The number of hydrogen-bond acceptors (Lipinski definition) is 2. The van der Waals surface area contributed by atoms with Crippen LogP contribution >= 0.6 is 11.6 Å². The van der Waals surface area contributed by atoms with Crippen molar-refractivity contribution in [2.24, 2.45) is 0 Å². The van der Waals surface area contributed by atoms with E-state index in [4.69, 9.17) is 16.3 Å². The molecule has 0 heterocycles. The molecule has 3 heteroatoms. The Hall–Kier alpha value is -1.51. The first-order valence-corrected chi connectivity index (χ1v) is 6.94. The smallest absolute Gasteiger partial charge is 0.131 e. The van der Waals surface area contributed by atoms with E-state index in [2.05, 4.69) is 11.4 Å². The number of ether oxygens (including phenoxy) is 1. The highest BCUT2D eigenvalue weighted by molar-refractivity contribution is 6.30. The standard InChI is InChI=1S/C16H16ClNO/c17-13-5-9-15(10-6-13)19-16-4-2-1-3-12(16)11-18-14-7-8-14/h1-6,9-10,14,18H,7-8,11H2. The molecule has 3 rings (SSSR count). The van der Waals surface area contributed by atoms with Crippen LogP contribution in [0.4, 0.5) is 0 Å². The van der Waals surface area contributed by atoms with Crippen molar-refractivity contribution in [3.05, 3.63) is 59.1 Å². The van der Waals surface area contributed by atoms with Crippen LogP contribution in [-0.2, 0) is 6.54 Å². The summed E-state index contributed by atoms with van der Waals surface area (Å²) in [6.45, 7) is 0.856. The minimum atomic E-state index is 0.698. The molecule has 0 aliphatic heterocycles. The molecule has 0 atom stereocenters. The maximum Gasteiger partial charge on any atom is 0.131 e. The van der Waals surface area contributed by atoms with Gasteiger partial charge in [0.05, 0.1) is 0 Å². The number of para-hydroxylation sites is 1. The van der Waals surface area contributed by atoms with Crippen molar-refractivity contribution in [1.29, 1.82) is 0 Å². The molecule has 0 amide bonds. The summed E-state index contributed by atoms with van der Waals surface area (Å²) in [4.78, 5) is 0. The van der Waals surface area contributed by atoms with Crippen molar-refractivity contribution in [1.82, 2.24) is 5.32 Å². The predicted molar refractivity (Wildman–Crippen MR) is 77.8 cm³/mol. The SMILES string of the molecule is Clc1ccc(Oc2ccccc2CNC2CC2)cc1. The largest absolute Gasteiger partial charge is 0.457 e. The van der Waals surface area contributed by atoms with Gasteiger partial charge in [0.15, 0.2) is 0 Å². The summed E-state index contributed by atoms with van der Waals surface area (Å²) >= 11 is 5.87. The van der Waals surface area contributed by atoms with Gasteiger partial charge in [0.2, 0.25) is 0 Å². The molecule has 1 fully saturated rings. The van der Waals surface area contributed by atoms with Crippen LogP contribution in [-0.4, -0.2) is 6.04 Å². The van der Waals surface area contributed by atoms with Gasteiger partial charge in [-0.2, -0.15) is 0 Å². The quantitative estimate of drug-likeness (QED) is 0.873. The third kappa shape index (κ3) is 3.49. The van der Waals surface area contributed by atoms with Gasteiger partial charge in [0.1, 0.15) is 11.5 Å². The van der Waals surface area contributed by atoms with Crippen molar-refractivity contribution in [3.8, 4) is 11.5 Å². The van der Waals surface area contributed by atoms with Crippen LogP contribution in [0.3, 0.4) is 0 Å². The Balaban J connectivity index is 1.73. The molecule has 2 nitrogen and oxygen atoms in total. The molecule has 19 heavy (non-hydrogen) atoms. The Morgan fingerprint density at radius 1 is 1.05 bits per heavy atom. The summed E-state index contributed by atoms with van der Waals surface area (Å²) in [7, 11) is 0. The van der Waals surface area contributed by atoms with E-state index in [1.807, 2.05) is 42.5 Å². The first kappa shape index (κ1) is 12.5. The molecule has 0 radical (unpaired) electrons. The average Bonchev–Trinajstić information content (AvgIpc) is 3.25. The van der Waals surface area contributed by atoms with Crippen molar-refractivity contribution in [2.45, 2.75) is 25.4 Å². The van der Waals surface area contributed by atoms with Gasteiger partial charge >= 0.3 is 0 Å². The second-order valence-electron chi connectivity index (χ2n) is 4.82. The third-order valence-corrected chi connectivity index (χ3v) is 3.42. The Morgan fingerprint density at radius 3 is 2.53 bits per heavy atom. The van der Waals surface area contributed by atoms with Crippen molar-refractivity contribution >= 4 is 11.6 Å². The molecule has 0 saturated heterocycles. The fourth-order valence-corrected chi connectivity index (χ4v) is 2.05. The van der Waals surface area contributed by atoms with Gasteiger partial charge in [-0.1, -0.05) is 29.8 Å². The molecule has 1 saturated carbocycles. The minimum absolute atomic E-state index is 0.698. The van der Waals surface area contributed by atoms with Gasteiger partial charge in [-0.3, -0.25) is 0 Å². The van der Waals surface area contributed by atoms with E-state index in [9.17, 15) is 0 Å². The fourth-order valence-electron chi connectivity index (χ4n) is 1.92. The first-order valence-electron chi connectivity index (χ1n) is 6.56. The van der Waals surface area contributed by atoms with Crippen LogP contribution in [0.2, 0.25) is 5.02 Å². The molecule has 0 bridgehead atoms. The van der Waals surface area contributed by atoms with E-state index < -0.39 is 0 Å². The zero-order chi connectivity index (χ0) is 13.1. The fraction of sp³-hybridized carbons (Fsp3) is 0.250. The van der Waals surface area contributed by atoms with Crippen LogP contribution in [0.15, 0.2) is 48.5 Å². The van der Waals surface area contributed by atoms with E-state index in [0.29, 0.717) is 6.04 Å². The Bertz CT molecular complexity index is 549. The highest BCUT2D eigenvalue weighted by Gasteiger charge is 2.20. The summed E-state index contributed by atoms with van der Waals surface area (Å²) in [5.74, 6) is 1.71. The van der Waals surface area contributed by atoms with Crippen molar-refractivity contribution in [3.63, 3.8) is 0 Å². The van der Waals surface area contributed by atoms with Crippen LogP contribution in [0.5, 0.6) is 11.5 Å². The molecule has 2 aromatic carbocycles. The van der Waals surface area contributed by atoms with Gasteiger partial charge < -0.3 is 10.1 Å². The lowest BCUT2D eigenvalue weighted by Crippen LogP contribution is -2.15. The van der Waals surface area contributed by atoms with E-state index in [1.165, 1.54) is 18.4 Å². The predicted octanol–water partition coefficient (Wildman–Crippen LogP) is 4.38. The number of benzene rings is 2. The molecule has 1 aliphatic carbocycles. The number of rotatable bonds is 5. The van der Waals surface area contributed by atoms with E-state index in [-0.39, 0.29) is 0 Å². The second-order valence-corrected chi connectivity index (χ2v) is 5.26. The summed E-state index contributed by atoms with van der Waals surface area (Å²) in [5, 5.41) is 4.23. The summed E-state index contributed by atoms with van der Waals surface area (Å²) < 4.78 is 5.92. The second kappa shape index (κ2) is 5.64. The maximum absolute atomic E-state index is 5.92. The highest BCUT2D eigenvalue weighted by Crippen LogP contribution is 2.27. The highest BCUT2D eigenvalue weighted by atomic mass is 35.5. The molecule has 0 aromatic heterocycles. The first-order chi connectivity index (χ1) is 9.31. The topological polar surface area (TPSA) is 21.3 Å². The maximum atomic E-state index is 5.92. The zero-order valence-electron chi connectivity index (χ0n) is 10.6. The molecule has 0 unspecified atom stereocenters. The third-order valence-electron chi connectivity index (χ3n) is 3.17. The van der Waals surface area contributed by atoms with Crippen molar-refractivity contribution < 1.29 is 4.74 Å². The Morgan fingerprint density at radius 2 is 1.79 bits per heavy atom. The minimum Gasteiger partial charge on any atom is -0.457 e. The lowest BCUT2D eigenvalue weighted by Gasteiger charge is -2.11. The van der Waals surface area contributed by atoms with Gasteiger partial charge in [-0.25, -0.2) is 0 Å². The van der Waals surface area contributed by atoms with Crippen LogP contribution < -0.4 is 10.1 Å². The van der Waals surface area contributed by atoms with Gasteiger partial charge in [-0.05, 0) is 43.2 Å². The van der Waals surface area contributed by atoms with Gasteiger partial charge in [-0.15, -0.1) is 0 Å². The average molecular weight is 274 g/mol. The number of halogens is 1. The summed E-state index contributed by atoms with van der Waals surface area (Å²) in [5.41, 5.74) is 1.18. The zero-order valence-corrected chi connectivity index (χ0v) is 11.4. The number of nitrogens with one attached hydrogen (secondary N) is 1. The molecule has 1 aliphatic rings. The van der Waals surface area contributed by atoms with Crippen LogP contribution in [0, 0.1) is 0 Å². The Kier molecular flexibility index (Phi) is 3.72. The molecule has 0 spiro atoms. The van der Waals surface area contributed by atoms with Gasteiger partial charge in [0, 0.05) is 23.2 Å². The summed E-state index contributed by atoms with van der Waals surface area (Å²) in [6, 6.07) is 16.3. The molecular weight excluding hydrogens is 258 g/mol. The van der Waals surface area contributed by atoms with Gasteiger partial charge in [0.25, 0.3) is 0 Å². The molecule has 98 valence electrons. The summed E-state index contributed by atoms with van der Waals surface area (Å²) in [6.07, 6.45) is 2.58. The number of hydrogen-bond donors (Lipinski definition) is 1. The van der Waals surface area contributed by atoms with E-state index in [1.54, 1.807) is 0 Å². The lowest BCUT2D eigenvalue weighted by molar-refractivity contribution is 0.472. The molecule has 1 N–H and O–H groups in total. The normalized spacial score (nSPS) is 14.4. The van der Waals surface area contributed by atoms with Crippen LogP contribution in [0.1, 0.15) is 18.4 Å². The van der Waals surface area contributed by atoms with E-state index >= 15 is 0 Å². The molecular formula is C16H16ClNO. The van der Waals surface area contributed by atoms with Crippen molar-refractivity contribution in [2.75, 3.05) is 0 Å². The monoisotopic (exact) mass is 273 g/mol. The van der Waals surface area contributed by atoms with E-state index in [0.717, 1.165) is 23.1 Å². The Labute approximate surface area is 118 Å². The van der Waals surface area contributed by atoms with Crippen LogP contribution in [0.25, 0.3) is 0 Å². The molecule has 2 aromatic rings. The lowest BCUT2D eigenvalue weighted by atomic mass is 10.2.